The highest BCUT2D eigenvalue weighted by atomic mass is 32.1. The summed E-state index contributed by atoms with van der Waals surface area (Å²) in [6.45, 7) is 1.14. The molecular weight excluding hydrogens is 232 g/mol. The highest BCUT2D eigenvalue weighted by molar-refractivity contribution is 7.09. The van der Waals surface area contributed by atoms with Crippen LogP contribution in [0.4, 0.5) is 0 Å². The molecule has 3 nitrogen and oxygen atoms in total. The minimum Gasteiger partial charge on any atom is -0.370 e. The maximum Gasteiger partial charge on any atom is 0.112 e. The molecule has 2 rings (SSSR count). The molecule has 17 heavy (non-hydrogen) atoms. The van der Waals surface area contributed by atoms with Gasteiger partial charge in [0.05, 0.1) is 12.3 Å². The first-order valence-electron chi connectivity index (χ1n) is 5.65. The van der Waals surface area contributed by atoms with E-state index in [0.717, 1.165) is 12.1 Å². The number of nitrogens with two attached hydrogens (primary N) is 1. The lowest BCUT2D eigenvalue weighted by molar-refractivity contribution is 0.0583. The van der Waals surface area contributed by atoms with E-state index in [0.29, 0.717) is 13.2 Å². The molecule has 2 aromatic heterocycles. The number of pyridine rings is 1. The first-order valence-corrected chi connectivity index (χ1v) is 6.53. The van der Waals surface area contributed by atoms with E-state index >= 15 is 0 Å². The van der Waals surface area contributed by atoms with Crippen molar-refractivity contribution in [1.82, 2.24) is 4.98 Å². The van der Waals surface area contributed by atoms with Crippen LogP contribution in [0.3, 0.4) is 0 Å². The molecule has 2 aromatic rings. The van der Waals surface area contributed by atoms with Crippen molar-refractivity contribution in [3.05, 3.63) is 52.5 Å². The summed E-state index contributed by atoms with van der Waals surface area (Å²) < 4.78 is 5.77. The Bertz CT molecular complexity index is 416. The minimum atomic E-state index is -0.101. The number of nitrogens with zero attached hydrogens (tertiary/aromatic N) is 1. The second kappa shape index (κ2) is 6.49. The number of hydrogen-bond donors (Lipinski definition) is 1. The van der Waals surface area contributed by atoms with E-state index in [9.17, 15) is 0 Å². The Morgan fingerprint density at radius 1 is 1.29 bits per heavy atom. The van der Waals surface area contributed by atoms with Gasteiger partial charge >= 0.3 is 0 Å². The third-order valence-electron chi connectivity index (χ3n) is 2.48. The summed E-state index contributed by atoms with van der Waals surface area (Å²) >= 11 is 1.75. The summed E-state index contributed by atoms with van der Waals surface area (Å²) in [6, 6.07) is 9.96. The zero-order chi connectivity index (χ0) is 11.9. The molecule has 0 spiro atoms. The molecule has 2 N–H and O–H groups in total. The van der Waals surface area contributed by atoms with Crippen molar-refractivity contribution in [3.8, 4) is 0 Å². The summed E-state index contributed by atoms with van der Waals surface area (Å²) in [7, 11) is 0. The van der Waals surface area contributed by atoms with E-state index < -0.39 is 0 Å². The van der Waals surface area contributed by atoms with E-state index in [1.165, 1.54) is 4.88 Å². The number of rotatable bonds is 6. The molecule has 1 atom stereocenters. The molecule has 0 aliphatic carbocycles. The van der Waals surface area contributed by atoms with E-state index in [4.69, 9.17) is 10.5 Å². The second-order valence-corrected chi connectivity index (χ2v) is 4.71. The molecule has 0 amide bonds. The standard InChI is InChI=1S/C13H16N2OS/c14-10-13(12-5-1-2-7-15-12)16-8-6-11-4-3-9-17-11/h1-5,7,9,13H,6,8,10,14H2. The van der Waals surface area contributed by atoms with Gasteiger partial charge in [-0.3, -0.25) is 4.98 Å². The van der Waals surface area contributed by atoms with Gasteiger partial charge in [-0.2, -0.15) is 0 Å². The fourth-order valence-corrected chi connectivity index (χ4v) is 2.29. The van der Waals surface area contributed by atoms with E-state index in [1.54, 1.807) is 17.5 Å². The topological polar surface area (TPSA) is 48.1 Å². The van der Waals surface area contributed by atoms with Crippen LogP contribution >= 0.6 is 11.3 Å². The minimum absolute atomic E-state index is 0.101. The predicted octanol–water partition coefficient (Wildman–Crippen LogP) is 2.40. The highest BCUT2D eigenvalue weighted by Crippen LogP contribution is 2.15. The van der Waals surface area contributed by atoms with Crippen LogP contribution in [0.5, 0.6) is 0 Å². The number of aromatic nitrogens is 1. The molecule has 1 unspecified atom stereocenters. The van der Waals surface area contributed by atoms with Crippen LogP contribution < -0.4 is 5.73 Å². The Labute approximate surface area is 105 Å². The van der Waals surface area contributed by atoms with Crippen molar-refractivity contribution in [3.63, 3.8) is 0 Å². The van der Waals surface area contributed by atoms with Gasteiger partial charge in [-0.1, -0.05) is 12.1 Å². The molecule has 0 bridgehead atoms. The summed E-state index contributed by atoms with van der Waals surface area (Å²) in [5, 5.41) is 2.08. The lowest BCUT2D eigenvalue weighted by Gasteiger charge is -2.14. The fourth-order valence-electron chi connectivity index (χ4n) is 1.60. The van der Waals surface area contributed by atoms with Crippen LogP contribution in [0.2, 0.25) is 0 Å². The summed E-state index contributed by atoms with van der Waals surface area (Å²) in [4.78, 5) is 5.60. The fraction of sp³-hybridized carbons (Fsp3) is 0.308. The SMILES string of the molecule is NCC(OCCc1cccs1)c1ccccn1. The Balaban J connectivity index is 1.84. The molecule has 0 saturated heterocycles. The van der Waals surface area contributed by atoms with Crippen LogP contribution in [-0.2, 0) is 11.2 Å². The van der Waals surface area contributed by atoms with Crippen molar-refractivity contribution >= 4 is 11.3 Å². The van der Waals surface area contributed by atoms with Gasteiger partial charge in [0.1, 0.15) is 6.10 Å². The molecule has 0 saturated carbocycles. The first-order chi connectivity index (χ1) is 8.40. The number of ether oxygens (including phenoxy) is 1. The normalized spacial score (nSPS) is 12.5. The second-order valence-electron chi connectivity index (χ2n) is 3.68. The van der Waals surface area contributed by atoms with Crippen molar-refractivity contribution in [2.24, 2.45) is 5.73 Å². The third kappa shape index (κ3) is 3.63. The van der Waals surface area contributed by atoms with Crippen LogP contribution in [0, 0.1) is 0 Å². The van der Waals surface area contributed by atoms with Crippen LogP contribution in [0.1, 0.15) is 16.7 Å². The summed E-state index contributed by atoms with van der Waals surface area (Å²) in [5.41, 5.74) is 6.61. The zero-order valence-electron chi connectivity index (χ0n) is 9.58. The lowest BCUT2D eigenvalue weighted by Crippen LogP contribution is -2.18. The molecular formula is C13H16N2OS. The van der Waals surface area contributed by atoms with Gasteiger partial charge in [-0.05, 0) is 23.6 Å². The number of hydrogen-bond acceptors (Lipinski definition) is 4. The largest absolute Gasteiger partial charge is 0.370 e. The van der Waals surface area contributed by atoms with Crippen LogP contribution in [0.15, 0.2) is 41.9 Å². The Kier molecular flexibility index (Phi) is 4.67. The average Bonchev–Trinajstić information content (AvgIpc) is 2.89. The maximum absolute atomic E-state index is 5.77. The van der Waals surface area contributed by atoms with E-state index in [1.807, 2.05) is 18.2 Å². The quantitative estimate of drug-likeness (QED) is 0.854. The monoisotopic (exact) mass is 248 g/mol. The van der Waals surface area contributed by atoms with Crippen molar-refractivity contribution in [1.29, 1.82) is 0 Å². The molecule has 2 heterocycles. The van der Waals surface area contributed by atoms with Gasteiger partial charge < -0.3 is 10.5 Å². The van der Waals surface area contributed by atoms with Gasteiger partial charge in [0.25, 0.3) is 0 Å². The summed E-state index contributed by atoms with van der Waals surface area (Å²) in [6.07, 6.45) is 2.60. The Morgan fingerprint density at radius 2 is 2.24 bits per heavy atom. The maximum atomic E-state index is 5.77. The van der Waals surface area contributed by atoms with E-state index in [-0.39, 0.29) is 6.10 Å². The predicted molar refractivity (Wildman–Crippen MR) is 70.0 cm³/mol. The van der Waals surface area contributed by atoms with Crippen molar-refractivity contribution in [2.45, 2.75) is 12.5 Å². The van der Waals surface area contributed by atoms with Gasteiger partial charge in [-0.25, -0.2) is 0 Å². The average molecular weight is 248 g/mol. The molecule has 0 aliphatic heterocycles. The van der Waals surface area contributed by atoms with E-state index in [2.05, 4.69) is 22.5 Å². The first kappa shape index (κ1) is 12.2. The Hall–Kier alpha value is -1.23. The molecule has 0 fully saturated rings. The molecule has 0 radical (unpaired) electrons. The lowest BCUT2D eigenvalue weighted by atomic mass is 10.2. The molecule has 0 aromatic carbocycles. The van der Waals surface area contributed by atoms with Crippen molar-refractivity contribution in [2.75, 3.05) is 13.2 Å². The van der Waals surface area contributed by atoms with Gasteiger partial charge in [0.2, 0.25) is 0 Å². The van der Waals surface area contributed by atoms with Gasteiger partial charge in [0, 0.05) is 24.0 Å². The number of thiophene rings is 1. The van der Waals surface area contributed by atoms with Crippen LogP contribution in [-0.4, -0.2) is 18.1 Å². The van der Waals surface area contributed by atoms with Gasteiger partial charge in [-0.15, -0.1) is 11.3 Å². The molecule has 0 aliphatic rings. The molecule has 90 valence electrons. The summed E-state index contributed by atoms with van der Waals surface area (Å²) in [5.74, 6) is 0. The van der Waals surface area contributed by atoms with Crippen molar-refractivity contribution < 1.29 is 4.74 Å². The van der Waals surface area contributed by atoms with Gasteiger partial charge in [0.15, 0.2) is 0 Å². The van der Waals surface area contributed by atoms with Crippen LogP contribution in [0.25, 0.3) is 0 Å². The Morgan fingerprint density at radius 3 is 2.88 bits per heavy atom. The highest BCUT2D eigenvalue weighted by Gasteiger charge is 2.10. The third-order valence-corrected chi connectivity index (χ3v) is 3.42. The smallest absolute Gasteiger partial charge is 0.112 e. The molecule has 4 heteroatoms. The zero-order valence-corrected chi connectivity index (χ0v) is 10.4.